The monoisotopic (exact) mass is 369 g/mol. The second-order valence-electron chi connectivity index (χ2n) is 6.00. The summed E-state index contributed by atoms with van der Waals surface area (Å²) in [7, 11) is 0. The average Bonchev–Trinajstić information content (AvgIpc) is 3.20. The Kier molecular flexibility index (Phi) is 4.43. The number of aliphatic carboxylic acids is 1. The van der Waals surface area contributed by atoms with Crippen molar-refractivity contribution in [2.45, 2.75) is 13.1 Å². The van der Waals surface area contributed by atoms with Crippen LogP contribution in [0.4, 0.5) is 13.2 Å². The Hall–Kier alpha value is -2.91. The first-order valence-electron chi connectivity index (χ1n) is 7.67. The number of carboxylic acid groups (broad SMARTS) is 1. The number of carbonyl (C=O) groups excluding carboxylic acids is 1. The third-order valence-electron chi connectivity index (χ3n) is 4.26. The van der Waals surface area contributed by atoms with Crippen LogP contribution in [0.5, 0.6) is 0 Å². The lowest BCUT2D eigenvalue weighted by atomic mass is 9.96. The maximum Gasteiger partial charge on any atom is 0.394 e. The Labute approximate surface area is 145 Å². The molecule has 7 nitrogen and oxygen atoms in total. The number of carbonyl (C=O) groups is 2. The van der Waals surface area contributed by atoms with Crippen molar-refractivity contribution in [1.82, 2.24) is 15.0 Å². The molecule has 26 heavy (non-hydrogen) atoms. The molecular weight excluding hydrogens is 355 g/mol. The second-order valence-corrected chi connectivity index (χ2v) is 6.00. The van der Waals surface area contributed by atoms with Crippen LogP contribution in [0, 0.1) is 18.8 Å². The molecular formula is C16H14F3N3O4. The van der Waals surface area contributed by atoms with Crippen LogP contribution in [0.1, 0.15) is 16.2 Å². The summed E-state index contributed by atoms with van der Waals surface area (Å²) in [5.41, 5.74) is 0.351. The number of carboxylic acids is 1. The van der Waals surface area contributed by atoms with Gasteiger partial charge in [0.25, 0.3) is 11.8 Å². The summed E-state index contributed by atoms with van der Waals surface area (Å²) in [5.74, 6) is -5.70. The molecule has 1 aliphatic rings. The summed E-state index contributed by atoms with van der Waals surface area (Å²) in [6.07, 6.45) is -4.71. The summed E-state index contributed by atoms with van der Waals surface area (Å²) in [4.78, 5) is 28.9. The van der Waals surface area contributed by atoms with Crippen LogP contribution in [0.3, 0.4) is 0 Å². The van der Waals surface area contributed by atoms with Gasteiger partial charge < -0.3 is 14.5 Å². The molecule has 1 aliphatic heterocycles. The second kappa shape index (κ2) is 6.43. The zero-order valence-corrected chi connectivity index (χ0v) is 13.5. The fraction of sp³-hybridized carbons (Fsp3) is 0.375. The van der Waals surface area contributed by atoms with E-state index in [4.69, 9.17) is 9.63 Å². The van der Waals surface area contributed by atoms with E-state index in [9.17, 15) is 22.8 Å². The maximum atomic E-state index is 13.1. The maximum absolute atomic E-state index is 13.1. The lowest BCUT2D eigenvalue weighted by Gasteiger charge is -2.19. The highest BCUT2D eigenvalue weighted by Crippen LogP contribution is 2.38. The van der Waals surface area contributed by atoms with Crippen molar-refractivity contribution in [3.05, 3.63) is 35.7 Å². The van der Waals surface area contributed by atoms with E-state index in [-0.39, 0.29) is 17.0 Å². The lowest BCUT2D eigenvalue weighted by molar-refractivity contribution is -0.187. The van der Waals surface area contributed by atoms with Crippen LogP contribution >= 0.6 is 0 Å². The topological polar surface area (TPSA) is 96.5 Å². The van der Waals surface area contributed by atoms with E-state index in [1.165, 1.54) is 12.1 Å². The number of alkyl halides is 3. The molecule has 2 heterocycles. The molecule has 1 aromatic heterocycles. The number of hydrogen-bond donors (Lipinski definition) is 1. The molecule has 10 heteroatoms. The van der Waals surface area contributed by atoms with Gasteiger partial charge in [0.15, 0.2) is 5.82 Å². The van der Waals surface area contributed by atoms with Crippen LogP contribution in [0.2, 0.25) is 0 Å². The van der Waals surface area contributed by atoms with Gasteiger partial charge in [0.1, 0.15) is 0 Å². The highest BCUT2D eigenvalue weighted by Gasteiger charge is 2.53. The fourth-order valence-corrected chi connectivity index (χ4v) is 2.98. The number of halogens is 3. The first kappa shape index (κ1) is 17.9. The number of benzene rings is 1. The van der Waals surface area contributed by atoms with Crippen molar-refractivity contribution in [3.63, 3.8) is 0 Å². The van der Waals surface area contributed by atoms with Gasteiger partial charge in [0, 0.05) is 13.1 Å². The number of amides is 1. The molecule has 1 N–H and O–H groups in total. The minimum Gasteiger partial charge on any atom is -0.481 e. The molecule has 1 fully saturated rings. The number of likely N-dealkylation sites (tertiary alicyclic amines) is 1. The van der Waals surface area contributed by atoms with E-state index in [2.05, 4.69) is 10.1 Å². The van der Waals surface area contributed by atoms with Gasteiger partial charge in [-0.25, -0.2) is 0 Å². The zero-order chi connectivity index (χ0) is 19.1. The first-order valence-corrected chi connectivity index (χ1v) is 7.67. The van der Waals surface area contributed by atoms with Crippen LogP contribution in [0.15, 0.2) is 28.8 Å². The molecule has 2 aromatic rings. The minimum atomic E-state index is -4.71. The van der Waals surface area contributed by atoms with Crippen LogP contribution < -0.4 is 0 Å². The molecule has 0 aliphatic carbocycles. The molecule has 1 amide bonds. The van der Waals surface area contributed by atoms with Crippen molar-refractivity contribution in [2.24, 2.45) is 11.8 Å². The van der Waals surface area contributed by atoms with E-state index in [0.29, 0.717) is 5.82 Å². The van der Waals surface area contributed by atoms with Gasteiger partial charge in [-0.1, -0.05) is 17.3 Å². The lowest BCUT2D eigenvalue weighted by Crippen LogP contribution is -2.34. The Morgan fingerprint density at radius 3 is 2.50 bits per heavy atom. The quantitative estimate of drug-likeness (QED) is 0.892. The van der Waals surface area contributed by atoms with E-state index < -0.39 is 43.0 Å². The average molecular weight is 369 g/mol. The van der Waals surface area contributed by atoms with Gasteiger partial charge in [-0.05, 0) is 19.1 Å². The van der Waals surface area contributed by atoms with Gasteiger partial charge in [-0.15, -0.1) is 0 Å². The summed E-state index contributed by atoms with van der Waals surface area (Å²) >= 11 is 0. The molecule has 0 bridgehead atoms. The Morgan fingerprint density at radius 1 is 1.27 bits per heavy atom. The Morgan fingerprint density at radius 2 is 1.96 bits per heavy atom. The van der Waals surface area contributed by atoms with Gasteiger partial charge in [-0.3, -0.25) is 9.59 Å². The van der Waals surface area contributed by atoms with Gasteiger partial charge in [0.05, 0.1) is 23.0 Å². The number of rotatable bonds is 3. The third-order valence-corrected chi connectivity index (χ3v) is 4.26. The predicted octanol–water partition coefficient (Wildman–Crippen LogP) is 2.38. The van der Waals surface area contributed by atoms with Crippen molar-refractivity contribution in [1.29, 1.82) is 0 Å². The standard InChI is InChI=1S/C16H14F3N3O4/c1-8-20-13(26-21-8)9-4-2-3-5-10(9)14(23)22-6-11(15(24)25)12(7-22)16(17,18)19/h2-5,11-12H,6-7H2,1H3,(H,24,25)/t11-,12-/m1/s1. The molecule has 0 saturated carbocycles. The number of nitrogens with zero attached hydrogens (tertiary/aromatic N) is 3. The normalized spacial score (nSPS) is 20.4. The molecule has 1 aromatic carbocycles. The molecule has 3 rings (SSSR count). The number of hydrogen-bond acceptors (Lipinski definition) is 5. The first-order chi connectivity index (χ1) is 12.2. The van der Waals surface area contributed by atoms with Crippen molar-refractivity contribution >= 4 is 11.9 Å². The van der Waals surface area contributed by atoms with E-state index in [0.717, 1.165) is 4.90 Å². The molecule has 2 atom stereocenters. The molecule has 1 saturated heterocycles. The van der Waals surface area contributed by atoms with Crippen LogP contribution in [-0.4, -0.2) is 51.3 Å². The van der Waals surface area contributed by atoms with Crippen LogP contribution in [-0.2, 0) is 4.79 Å². The molecule has 138 valence electrons. The van der Waals surface area contributed by atoms with Crippen LogP contribution in [0.25, 0.3) is 11.5 Å². The summed E-state index contributed by atoms with van der Waals surface area (Å²) < 4.78 is 44.4. The summed E-state index contributed by atoms with van der Waals surface area (Å²) in [6, 6.07) is 6.13. The van der Waals surface area contributed by atoms with Gasteiger partial charge in [0.2, 0.25) is 0 Å². The highest BCUT2D eigenvalue weighted by atomic mass is 19.4. The van der Waals surface area contributed by atoms with E-state index in [1.807, 2.05) is 0 Å². The Balaban J connectivity index is 1.92. The summed E-state index contributed by atoms with van der Waals surface area (Å²) in [5, 5.41) is 12.7. The van der Waals surface area contributed by atoms with E-state index in [1.54, 1.807) is 19.1 Å². The smallest absolute Gasteiger partial charge is 0.394 e. The van der Waals surface area contributed by atoms with Crippen molar-refractivity contribution in [3.8, 4) is 11.5 Å². The van der Waals surface area contributed by atoms with Gasteiger partial charge in [-0.2, -0.15) is 18.2 Å². The minimum absolute atomic E-state index is 0.0628. The molecule has 0 spiro atoms. The molecule has 0 unspecified atom stereocenters. The fourth-order valence-electron chi connectivity index (χ4n) is 2.98. The SMILES string of the molecule is Cc1noc(-c2ccccc2C(=O)N2C[C@@H](C(F)(F)F)[C@H](C(=O)O)C2)n1. The molecule has 0 radical (unpaired) electrons. The number of aryl methyl sites for hydroxylation is 1. The summed E-state index contributed by atoms with van der Waals surface area (Å²) in [6.45, 7) is 0.356. The largest absolute Gasteiger partial charge is 0.481 e. The third kappa shape index (κ3) is 3.26. The zero-order valence-electron chi connectivity index (χ0n) is 13.5. The van der Waals surface area contributed by atoms with Crippen molar-refractivity contribution < 1.29 is 32.4 Å². The van der Waals surface area contributed by atoms with Gasteiger partial charge >= 0.3 is 12.1 Å². The highest BCUT2D eigenvalue weighted by molar-refractivity contribution is 6.00. The Bertz CT molecular complexity index is 849. The number of aromatic nitrogens is 2. The predicted molar refractivity (Wildman–Crippen MR) is 81.0 cm³/mol. The van der Waals surface area contributed by atoms with Crippen molar-refractivity contribution in [2.75, 3.05) is 13.1 Å². The van der Waals surface area contributed by atoms with E-state index >= 15 is 0 Å².